The Hall–Kier alpha value is -1.66. The Morgan fingerprint density at radius 3 is 2.60 bits per heavy atom. The fraction of sp³-hybridized carbons (Fsp3) is 0.286. The lowest BCUT2D eigenvalue weighted by Gasteiger charge is -2.11. The average molecular weight is 336 g/mol. The van der Waals surface area contributed by atoms with E-state index in [2.05, 4.69) is 56.6 Å². The number of nitrogen functional groups attached to an aromatic ring is 1. The largest absolute Gasteiger partial charge is 0.339 e. The van der Waals surface area contributed by atoms with E-state index in [0.717, 1.165) is 34.6 Å². The second kappa shape index (κ2) is 6.67. The average Bonchev–Trinajstić information content (AvgIpc) is 2.42. The molecular formula is C14H18BrN5. The number of nitrogens with zero attached hydrogens (tertiary/aromatic N) is 2. The van der Waals surface area contributed by atoms with E-state index in [1.54, 1.807) is 6.07 Å². The Labute approximate surface area is 127 Å². The molecule has 4 N–H and O–H groups in total. The summed E-state index contributed by atoms with van der Waals surface area (Å²) in [6, 6.07) is 7.89. The maximum atomic E-state index is 5.45. The Kier molecular flexibility index (Phi) is 4.92. The predicted octanol–water partition coefficient (Wildman–Crippen LogP) is 3.53. The van der Waals surface area contributed by atoms with Gasteiger partial charge in [0.25, 0.3) is 0 Å². The third kappa shape index (κ3) is 3.68. The number of anilines is 3. The summed E-state index contributed by atoms with van der Waals surface area (Å²) in [6.45, 7) is 4.14. The number of halogens is 1. The highest BCUT2D eigenvalue weighted by atomic mass is 79.9. The van der Waals surface area contributed by atoms with Gasteiger partial charge in [-0.2, -0.15) is 0 Å². The van der Waals surface area contributed by atoms with Crippen molar-refractivity contribution in [2.75, 3.05) is 10.7 Å². The molecule has 0 fully saturated rings. The summed E-state index contributed by atoms with van der Waals surface area (Å²) in [5.41, 5.74) is 4.73. The van der Waals surface area contributed by atoms with Gasteiger partial charge in [-0.05, 0) is 47.0 Å². The Balaban J connectivity index is 2.29. The molecule has 106 valence electrons. The number of hydrogen-bond donors (Lipinski definition) is 3. The fourth-order valence-corrected chi connectivity index (χ4v) is 2.42. The van der Waals surface area contributed by atoms with E-state index in [4.69, 9.17) is 5.84 Å². The molecule has 2 aromatic rings. The van der Waals surface area contributed by atoms with Crippen LogP contribution in [0.5, 0.6) is 0 Å². The van der Waals surface area contributed by atoms with Gasteiger partial charge in [0.05, 0.1) is 5.69 Å². The first kappa shape index (κ1) is 14.7. The van der Waals surface area contributed by atoms with Crippen LogP contribution in [0.4, 0.5) is 17.3 Å². The first-order valence-electron chi connectivity index (χ1n) is 6.50. The molecule has 0 saturated heterocycles. The highest BCUT2D eigenvalue weighted by molar-refractivity contribution is 9.10. The summed E-state index contributed by atoms with van der Waals surface area (Å²) in [7, 11) is 0. The molecule has 0 saturated carbocycles. The number of benzene rings is 1. The predicted molar refractivity (Wildman–Crippen MR) is 86.0 cm³/mol. The summed E-state index contributed by atoms with van der Waals surface area (Å²) in [5.74, 6) is 7.55. The summed E-state index contributed by atoms with van der Waals surface area (Å²) in [6.07, 6.45) is 1.81. The third-order valence-electron chi connectivity index (χ3n) is 2.78. The standard InChI is InChI=1S/C14H18BrN5/c1-3-4-12-18-13(8-14(19-12)20-16)17-11-6-5-9(2)7-10(11)15/h5-8H,3-4,16H2,1-2H3,(H2,17,18,19,20). The van der Waals surface area contributed by atoms with Crippen molar-refractivity contribution in [1.29, 1.82) is 0 Å². The molecule has 1 aromatic heterocycles. The first-order valence-corrected chi connectivity index (χ1v) is 7.29. The molecule has 0 atom stereocenters. The van der Waals surface area contributed by atoms with Gasteiger partial charge in [-0.15, -0.1) is 0 Å². The van der Waals surface area contributed by atoms with Gasteiger partial charge in [0, 0.05) is 17.0 Å². The third-order valence-corrected chi connectivity index (χ3v) is 3.44. The minimum absolute atomic E-state index is 0.606. The lowest BCUT2D eigenvalue weighted by molar-refractivity contribution is 0.837. The number of nitrogens with two attached hydrogens (primary N) is 1. The quantitative estimate of drug-likeness (QED) is 0.575. The molecule has 0 bridgehead atoms. The Morgan fingerprint density at radius 1 is 1.20 bits per heavy atom. The number of hydrazine groups is 1. The normalized spacial score (nSPS) is 10.4. The van der Waals surface area contributed by atoms with E-state index in [1.165, 1.54) is 5.56 Å². The van der Waals surface area contributed by atoms with Gasteiger partial charge in [0.1, 0.15) is 17.5 Å². The van der Waals surface area contributed by atoms with E-state index >= 15 is 0 Å². The van der Waals surface area contributed by atoms with Gasteiger partial charge in [-0.1, -0.05) is 13.0 Å². The number of hydrogen-bond acceptors (Lipinski definition) is 5. The monoisotopic (exact) mass is 335 g/mol. The van der Waals surface area contributed by atoms with Gasteiger partial charge in [-0.3, -0.25) is 0 Å². The highest BCUT2D eigenvalue weighted by Gasteiger charge is 2.06. The summed E-state index contributed by atoms with van der Waals surface area (Å²) >= 11 is 3.54. The molecule has 6 heteroatoms. The number of aryl methyl sites for hydroxylation is 2. The molecule has 20 heavy (non-hydrogen) atoms. The Morgan fingerprint density at radius 2 is 1.95 bits per heavy atom. The van der Waals surface area contributed by atoms with Crippen molar-refractivity contribution in [2.24, 2.45) is 5.84 Å². The molecule has 0 amide bonds. The van der Waals surface area contributed by atoms with Crippen molar-refractivity contribution in [3.63, 3.8) is 0 Å². The zero-order valence-corrected chi connectivity index (χ0v) is 13.2. The van der Waals surface area contributed by atoms with E-state index in [1.807, 2.05) is 12.1 Å². The van der Waals surface area contributed by atoms with Crippen LogP contribution in [0.25, 0.3) is 0 Å². The summed E-state index contributed by atoms with van der Waals surface area (Å²) in [5, 5.41) is 3.28. The van der Waals surface area contributed by atoms with Crippen LogP contribution in [0.15, 0.2) is 28.7 Å². The van der Waals surface area contributed by atoms with Crippen LogP contribution in [-0.2, 0) is 6.42 Å². The van der Waals surface area contributed by atoms with E-state index in [-0.39, 0.29) is 0 Å². The van der Waals surface area contributed by atoms with Crippen molar-refractivity contribution in [3.05, 3.63) is 40.1 Å². The minimum Gasteiger partial charge on any atom is -0.339 e. The number of nitrogens with one attached hydrogen (secondary N) is 2. The van der Waals surface area contributed by atoms with Gasteiger partial charge < -0.3 is 10.7 Å². The molecule has 2 rings (SSSR count). The maximum absolute atomic E-state index is 5.45. The second-order valence-corrected chi connectivity index (χ2v) is 5.41. The Bertz CT molecular complexity index is 600. The van der Waals surface area contributed by atoms with Crippen LogP contribution in [0, 0.1) is 6.92 Å². The van der Waals surface area contributed by atoms with Crippen LogP contribution in [0.1, 0.15) is 24.7 Å². The number of aromatic nitrogens is 2. The molecule has 0 aliphatic heterocycles. The molecule has 0 aliphatic carbocycles. The summed E-state index contributed by atoms with van der Waals surface area (Å²) in [4.78, 5) is 8.81. The van der Waals surface area contributed by atoms with Crippen molar-refractivity contribution < 1.29 is 0 Å². The van der Waals surface area contributed by atoms with Crippen LogP contribution >= 0.6 is 15.9 Å². The van der Waals surface area contributed by atoms with E-state index in [0.29, 0.717) is 5.82 Å². The molecular weight excluding hydrogens is 318 g/mol. The van der Waals surface area contributed by atoms with Crippen LogP contribution in [0.3, 0.4) is 0 Å². The van der Waals surface area contributed by atoms with Gasteiger partial charge >= 0.3 is 0 Å². The van der Waals surface area contributed by atoms with Gasteiger partial charge in [0.15, 0.2) is 0 Å². The molecule has 0 aliphatic rings. The number of rotatable bonds is 5. The minimum atomic E-state index is 0.606. The van der Waals surface area contributed by atoms with Gasteiger partial charge in [0.2, 0.25) is 0 Å². The second-order valence-electron chi connectivity index (χ2n) is 4.56. The lowest BCUT2D eigenvalue weighted by atomic mass is 10.2. The van der Waals surface area contributed by atoms with Crippen molar-refractivity contribution in [1.82, 2.24) is 9.97 Å². The van der Waals surface area contributed by atoms with Crippen molar-refractivity contribution in [3.8, 4) is 0 Å². The lowest BCUT2D eigenvalue weighted by Crippen LogP contribution is -2.11. The maximum Gasteiger partial charge on any atom is 0.145 e. The van der Waals surface area contributed by atoms with Crippen LogP contribution in [0.2, 0.25) is 0 Å². The van der Waals surface area contributed by atoms with E-state index in [9.17, 15) is 0 Å². The molecule has 0 spiro atoms. The fourth-order valence-electron chi connectivity index (χ4n) is 1.83. The molecule has 5 nitrogen and oxygen atoms in total. The molecule has 1 heterocycles. The van der Waals surface area contributed by atoms with Crippen molar-refractivity contribution in [2.45, 2.75) is 26.7 Å². The highest BCUT2D eigenvalue weighted by Crippen LogP contribution is 2.26. The zero-order chi connectivity index (χ0) is 14.5. The molecule has 0 radical (unpaired) electrons. The zero-order valence-electron chi connectivity index (χ0n) is 11.6. The topological polar surface area (TPSA) is 75.9 Å². The van der Waals surface area contributed by atoms with Crippen molar-refractivity contribution >= 4 is 33.3 Å². The van der Waals surface area contributed by atoms with Crippen LogP contribution in [-0.4, -0.2) is 9.97 Å². The molecule has 1 aromatic carbocycles. The van der Waals surface area contributed by atoms with E-state index < -0.39 is 0 Å². The molecule has 0 unspecified atom stereocenters. The summed E-state index contributed by atoms with van der Waals surface area (Å²) < 4.78 is 0.996. The smallest absolute Gasteiger partial charge is 0.145 e. The SMILES string of the molecule is CCCc1nc(NN)cc(Nc2ccc(C)cc2Br)n1. The van der Waals surface area contributed by atoms with Gasteiger partial charge in [-0.25, -0.2) is 15.8 Å². The van der Waals surface area contributed by atoms with Crippen LogP contribution < -0.4 is 16.6 Å². The first-order chi connectivity index (χ1) is 9.62.